The van der Waals surface area contributed by atoms with Gasteiger partial charge in [-0.3, -0.25) is 0 Å². The van der Waals surface area contributed by atoms with Gasteiger partial charge in [0.25, 0.3) is 0 Å². The topological polar surface area (TPSA) is 30.5 Å². The minimum Gasteiger partial charge on any atom is -0.379 e. The molecule has 0 spiro atoms. The molecule has 18 heavy (non-hydrogen) atoms. The quantitative estimate of drug-likeness (QED) is 0.678. The maximum absolute atomic E-state index is 5.66. The zero-order valence-electron chi connectivity index (χ0n) is 12.6. The summed E-state index contributed by atoms with van der Waals surface area (Å²) in [5.74, 6) is 0.813. The number of rotatable bonds is 8. The molecule has 0 saturated heterocycles. The van der Waals surface area contributed by atoms with Gasteiger partial charge >= 0.3 is 0 Å². The number of hydrogen-bond donors (Lipinski definition) is 1. The van der Waals surface area contributed by atoms with Crippen LogP contribution in [0.15, 0.2) is 0 Å². The highest BCUT2D eigenvalue weighted by Gasteiger charge is 2.25. The largest absolute Gasteiger partial charge is 0.379 e. The van der Waals surface area contributed by atoms with Crippen LogP contribution in [-0.2, 0) is 9.47 Å². The Kier molecular flexibility index (Phi) is 7.20. The Morgan fingerprint density at radius 1 is 1.11 bits per heavy atom. The normalized spacial score (nSPS) is 24.7. The Balaban J connectivity index is 2.00. The molecule has 3 heteroatoms. The third-order valence-electron chi connectivity index (χ3n) is 3.52. The average Bonchev–Trinajstić information content (AvgIpc) is 2.70. The fourth-order valence-electron chi connectivity index (χ4n) is 2.66. The smallest absolute Gasteiger partial charge is 0.0707 e. The van der Waals surface area contributed by atoms with E-state index in [-0.39, 0.29) is 5.60 Å². The van der Waals surface area contributed by atoms with Gasteiger partial charge in [0.15, 0.2) is 0 Å². The minimum absolute atomic E-state index is 0.0506. The van der Waals surface area contributed by atoms with Gasteiger partial charge in [-0.15, -0.1) is 0 Å². The van der Waals surface area contributed by atoms with Gasteiger partial charge in [-0.1, -0.05) is 13.3 Å². The summed E-state index contributed by atoms with van der Waals surface area (Å²) in [6, 6.07) is 0.726. The van der Waals surface area contributed by atoms with Crippen molar-refractivity contribution in [3.8, 4) is 0 Å². The van der Waals surface area contributed by atoms with Gasteiger partial charge in [-0.05, 0) is 52.5 Å². The number of nitrogens with one attached hydrogen (secondary N) is 1. The van der Waals surface area contributed by atoms with Crippen LogP contribution < -0.4 is 5.32 Å². The monoisotopic (exact) mass is 257 g/mol. The Morgan fingerprint density at radius 2 is 1.89 bits per heavy atom. The number of hydrogen-bond acceptors (Lipinski definition) is 3. The van der Waals surface area contributed by atoms with Crippen molar-refractivity contribution >= 4 is 0 Å². The Morgan fingerprint density at radius 3 is 2.56 bits per heavy atom. The second-order valence-electron chi connectivity index (χ2n) is 6.22. The second kappa shape index (κ2) is 8.13. The molecule has 2 atom stereocenters. The molecule has 1 N–H and O–H groups in total. The molecular formula is C15H31NO2. The molecule has 0 radical (unpaired) electrons. The second-order valence-corrected chi connectivity index (χ2v) is 6.22. The van der Waals surface area contributed by atoms with Crippen LogP contribution in [0.4, 0.5) is 0 Å². The highest BCUT2D eigenvalue weighted by molar-refractivity contribution is 4.82. The molecule has 108 valence electrons. The van der Waals surface area contributed by atoms with Crippen molar-refractivity contribution in [1.29, 1.82) is 0 Å². The summed E-state index contributed by atoms with van der Waals surface area (Å²) in [6.07, 6.45) is 5.26. The van der Waals surface area contributed by atoms with E-state index >= 15 is 0 Å². The van der Waals surface area contributed by atoms with E-state index in [1.165, 1.54) is 25.7 Å². The maximum atomic E-state index is 5.66. The van der Waals surface area contributed by atoms with Gasteiger partial charge in [0.2, 0.25) is 0 Å². The van der Waals surface area contributed by atoms with E-state index in [2.05, 4.69) is 33.0 Å². The molecule has 3 nitrogen and oxygen atoms in total. The van der Waals surface area contributed by atoms with Crippen LogP contribution in [0.5, 0.6) is 0 Å². The van der Waals surface area contributed by atoms with Crippen LogP contribution in [-0.4, -0.2) is 38.0 Å². The molecule has 1 saturated carbocycles. The van der Waals surface area contributed by atoms with Gasteiger partial charge in [-0.25, -0.2) is 0 Å². The third-order valence-corrected chi connectivity index (χ3v) is 3.52. The first kappa shape index (κ1) is 15.9. The van der Waals surface area contributed by atoms with E-state index in [1.54, 1.807) is 0 Å². The molecule has 2 unspecified atom stereocenters. The summed E-state index contributed by atoms with van der Waals surface area (Å²) in [5, 5.41) is 3.59. The Bertz CT molecular complexity index is 213. The van der Waals surface area contributed by atoms with Gasteiger partial charge in [0.1, 0.15) is 0 Å². The van der Waals surface area contributed by atoms with Crippen molar-refractivity contribution in [3.05, 3.63) is 0 Å². The molecule has 1 aliphatic rings. The van der Waals surface area contributed by atoms with Crippen molar-refractivity contribution < 1.29 is 9.47 Å². The fourth-order valence-corrected chi connectivity index (χ4v) is 2.66. The predicted octanol–water partition coefficient (Wildman–Crippen LogP) is 2.99. The lowest BCUT2D eigenvalue weighted by Gasteiger charge is -2.21. The highest BCUT2D eigenvalue weighted by atomic mass is 16.5. The molecule has 1 rings (SSSR count). The van der Waals surface area contributed by atoms with E-state index in [0.29, 0.717) is 6.61 Å². The van der Waals surface area contributed by atoms with Crippen LogP contribution in [0, 0.1) is 5.92 Å². The first-order valence-corrected chi connectivity index (χ1v) is 7.48. The SMILES string of the molecule is CCNC1CCCC1CCOCCOC(C)(C)C. The molecule has 1 aliphatic carbocycles. The lowest BCUT2D eigenvalue weighted by Crippen LogP contribution is -2.32. The first-order chi connectivity index (χ1) is 8.53. The standard InChI is InChI=1S/C15H31NO2/c1-5-16-14-8-6-7-13(14)9-10-17-11-12-18-15(2,3)4/h13-14,16H,5-12H2,1-4H3. The molecule has 1 fully saturated rings. The maximum Gasteiger partial charge on any atom is 0.0707 e. The number of ether oxygens (including phenoxy) is 2. The third kappa shape index (κ3) is 6.72. The van der Waals surface area contributed by atoms with E-state index in [4.69, 9.17) is 9.47 Å². The summed E-state index contributed by atoms with van der Waals surface area (Å²) in [7, 11) is 0. The molecule has 0 aliphatic heterocycles. The van der Waals surface area contributed by atoms with E-state index in [0.717, 1.165) is 31.7 Å². The van der Waals surface area contributed by atoms with Crippen molar-refractivity contribution in [2.45, 2.75) is 65.0 Å². The minimum atomic E-state index is -0.0506. The van der Waals surface area contributed by atoms with Gasteiger partial charge in [0.05, 0.1) is 18.8 Å². The van der Waals surface area contributed by atoms with Crippen molar-refractivity contribution in [2.75, 3.05) is 26.4 Å². The molecule has 0 aromatic rings. The van der Waals surface area contributed by atoms with Crippen LogP contribution >= 0.6 is 0 Å². The average molecular weight is 257 g/mol. The zero-order valence-corrected chi connectivity index (χ0v) is 12.6. The van der Waals surface area contributed by atoms with E-state index in [1.807, 2.05) is 0 Å². The summed E-state index contributed by atoms with van der Waals surface area (Å²) in [5.41, 5.74) is -0.0506. The molecular weight excluding hydrogens is 226 g/mol. The van der Waals surface area contributed by atoms with Crippen molar-refractivity contribution in [2.24, 2.45) is 5.92 Å². The van der Waals surface area contributed by atoms with Crippen molar-refractivity contribution in [1.82, 2.24) is 5.32 Å². The van der Waals surface area contributed by atoms with Crippen LogP contribution in [0.2, 0.25) is 0 Å². The van der Waals surface area contributed by atoms with E-state index in [9.17, 15) is 0 Å². The van der Waals surface area contributed by atoms with Gasteiger partial charge in [-0.2, -0.15) is 0 Å². The molecule has 0 bridgehead atoms. The zero-order chi connectivity index (χ0) is 13.4. The van der Waals surface area contributed by atoms with Crippen LogP contribution in [0.25, 0.3) is 0 Å². The van der Waals surface area contributed by atoms with Crippen molar-refractivity contribution in [3.63, 3.8) is 0 Å². The predicted molar refractivity (Wildman–Crippen MR) is 75.9 cm³/mol. The first-order valence-electron chi connectivity index (χ1n) is 7.48. The Hall–Kier alpha value is -0.120. The lowest BCUT2D eigenvalue weighted by atomic mass is 10.0. The molecule has 0 heterocycles. The summed E-state index contributed by atoms with van der Waals surface area (Å²) in [6.45, 7) is 11.8. The molecule has 0 amide bonds. The van der Waals surface area contributed by atoms with Gasteiger partial charge < -0.3 is 14.8 Å². The highest BCUT2D eigenvalue weighted by Crippen LogP contribution is 2.28. The lowest BCUT2D eigenvalue weighted by molar-refractivity contribution is -0.0363. The van der Waals surface area contributed by atoms with Gasteiger partial charge in [0, 0.05) is 12.6 Å². The summed E-state index contributed by atoms with van der Waals surface area (Å²) >= 11 is 0. The fraction of sp³-hybridized carbons (Fsp3) is 1.00. The Labute approximate surface area is 113 Å². The summed E-state index contributed by atoms with van der Waals surface area (Å²) < 4.78 is 11.3. The molecule has 0 aromatic heterocycles. The van der Waals surface area contributed by atoms with Crippen LogP contribution in [0.3, 0.4) is 0 Å². The van der Waals surface area contributed by atoms with E-state index < -0.39 is 0 Å². The summed E-state index contributed by atoms with van der Waals surface area (Å²) in [4.78, 5) is 0. The van der Waals surface area contributed by atoms with Crippen LogP contribution in [0.1, 0.15) is 53.4 Å². The molecule has 0 aromatic carbocycles.